The molecule has 1 aliphatic heterocycles. The van der Waals surface area contributed by atoms with Crippen molar-refractivity contribution >= 4 is 89.9 Å². The van der Waals surface area contributed by atoms with Gasteiger partial charge < -0.3 is 47.9 Å². The topological polar surface area (TPSA) is 356 Å². The summed E-state index contributed by atoms with van der Waals surface area (Å²) in [5.74, 6) is -7.29. The number of nitrogen functional groups attached to an aromatic ring is 1. The maximum atomic E-state index is 13.7. The van der Waals surface area contributed by atoms with Gasteiger partial charge in [0.1, 0.15) is 41.1 Å². The van der Waals surface area contributed by atoms with Gasteiger partial charge in [-0.15, -0.1) is 0 Å². The Labute approximate surface area is 415 Å². The summed E-state index contributed by atoms with van der Waals surface area (Å²) in [6.07, 6.45) is 1.73. The summed E-state index contributed by atoms with van der Waals surface area (Å²) >= 11 is 0. The minimum atomic E-state index is -5.03. The zero-order chi connectivity index (χ0) is 53.6. The van der Waals surface area contributed by atoms with Gasteiger partial charge in [0, 0.05) is 29.9 Å². The van der Waals surface area contributed by atoms with Crippen LogP contribution in [0.15, 0.2) is 77.0 Å². The molecule has 72 heavy (non-hydrogen) atoms. The molecule has 0 saturated carbocycles. The van der Waals surface area contributed by atoms with Crippen LogP contribution in [0, 0.1) is 5.92 Å². The fraction of sp³-hybridized carbons (Fsp3) is 0.383. The second kappa shape index (κ2) is 22.7. The van der Waals surface area contributed by atoms with E-state index < -0.39 is 143 Å². The third-order valence-electron chi connectivity index (χ3n) is 11.9. The van der Waals surface area contributed by atoms with E-state index in [1.54, 1.807) is 13.8 Å². The molecule has 0 bridgehead atoms. The summed E-state index contributed by atoms with van der Waals surface area (Å²) in [6, 6.07) is 5.18. The van der Waals surface area contributed by atoms with Crippen LogP contribution in [-0.4, -0.2) is 134 Å². The Kier molecular flexibility index (Phi) is 17.5. The van der Waals surface area contributed by atoms with Gasteiger partial charge in [0.2, 0.25) is 41.4 Å². The summed E-state index contributed by atoms with van der Waals surface area (Å²) in [4.78, 5) is 118. The zero-order valence-electron chi connectivity index (χ0n) is 40.2. The highest BCUT2D eigenvalue weighted by Gasteiger charge is 2.40. The second-order valence-corrected chi connectivity index (χ2v) is 21.1. The summed E-state index contributed by atoms with van der Waals surface area (Å²) in [6.45, 7) is 11.9. The first-order valence-electron chi connectivity index (χ1n) is 22.6. The summed E-state index contributed by atoms with van der Waals surface area (Å²) in [7, 11) is -9.19. The van der Waals surface area contributed by atoms with Crippen molar-refractivity contribution in [1.82, 2.24) is 36.8 Å². The Morgan fingerprint density at radius 3 is 1.92 bits per heavy atom. The summed E-state index contributed by atoms with van der Waals surface area (Å²) in [5.41, 5.74) is 4.37. The highest BCUT2D eigenvalue weighted by atomic mass is 32.2. The SMILES string of the molecule is C=CC(=O)NC(C)C(=O)NC(C)C(=O)N1CCCC1C(=O)NC(C(=O)NC(C)C(=O)NC(C)C(=O)NCCS(=O)(=O)c1cccc(Nc2cc(S(=O)(=O)O)c(N)c3c2C(=O)c2ccccc2C3=O)c1)C(C)C. The average Bonchev–Trinajstić information content (AvgIpc) is 3.82. The van der Waals surface area contributed by atoms with E-state index in [0.29, 0.717) is 6.42 Å². The molecule has 0 radical (unpaired) electrons. The normalized spacial score (nSPS) is 16.4. The maximum absolute atomic E-state index is 13.7. The number of sulfone groups is 1. The molecule has 6 atom stereocenters. The number of ketones is 2. The Bertz CT molecular complexity index is 2960. The van der Waals surface area contributed by atoms with Crippen molar-refractivity contribution in [3.63, 3.8) is 0 Å². The molecule has 1 aliphatic carbocycles. The van der Waals surface area contributed by atoms with Gasteiger partial charge in [0.05, 0.1) is 33.2 Å². The van der Waals surface area contributed by atoms with Gasteiger partial charge in [-0.25, -0.2) is 8.42 Å². The quantitative estimate of drug-likeness (QED) is 0.0326. The molecule has 3 aromatic carbocycles. The maximum Gasteiger partial charge on any atom is 0.296 e. The highest BCUT2D eigenvalue weighted by Crippen LogP contribution is 2.40. The van der Waals surface area contributed by atoms with Gasteiger partial charge in [0.25, 0.3) is 10.1 Å². The van der Waals surface area contributed by atoms with E-state index in [9.17, 15) is 64.5 Å². The molecule has 1 heterocycles. The Morgan fingerprint density at radius 2 is 1.32 bits per heavy atom. The van der Waals surface area contributed by atoms with Crippen LogP contribution in [0.25, 0.3) is 0 Å². The number of hydrogen-bond acceptors (Lipinski definition) is 15. The number of carbonyl (C=O) groups is 9. The van der Waals surface area contributed by atoms with E-state index in [2.05, 4.69) is 43.8 Å². The van der Waals surface area contributed by atoms with Gasteiger partial charge >= 0.3 is 0 Å². The fourth-order valence-corrected chi connectivity index (χ4v) is 9.80. The van der Waals surface area contributed by atoms with Crippen molar-refractivity contribution in [2.75, 3.05) is 29.9 Å². The van der Waals surface area contributed by atoms with Gasteiger partial charge in [0.15, 0.2) is 21.4 Å². The van der Waals surface area contributed by atoms with Crippen LogP contribution >= 0.6 is 0 Å². The summed E-state index contributed by atoms with van der Waals surface area (Å²) < 4.78 is 61.6. The molecule has 1 fully saturated rings. The van der Waals surface area contributed by atoms with Crippen LogP contribution < -0.4 is 43.0 Å². The van der Waals surface area contributed by atoms with Crippen LogP contribution in [0.5, 0.6) is 0 Å². The molecule has 1 saturated heterocycles. The van der Waals surface area contributed by atoms with E-state index >= 15 is 0 Å². The monoisotopic (exact) mass is 1040 g/mol. The molecule has 6 unspecified atom stereocenters. The predicted octanol–water partition coefficient (Wildman–Crippen LogP) is 0.261. The lowest BCUT2D eigenvalue weighted by Gasteiger charge is -2.30. The number of anilines is 3. The van der Waals surface area contributed by atoms with E-state index in [0.717, 1.165) is 18.2 Å². The first kappa shape index (κ1) is 55.4. The first-order chi connectivity index (χ1) is 33.7. The third kappa shape index (κ3) is 12.7. The van der Waals surface area contributed by atoms with Gasteiger partial charge in [-0.05, 0) is 76.8 Å². The number of rotatable bonds is 20. The van der Waals surface area contributed by atoms with Crippen LogP contribution in [0.2, 0.25) is 0 Å². The Morgan fingerprint density at radius 1 is 0.750 bits per heavy atom. The number of benzene rings is 3. The standard InChI is InChI=1S/C47H57N9O14S2/c1-8-35(57)50-25(5)43(61)53-27(7)47(65)56-19-12-17-33(56)45(63)55-39(23(2)3)46(64)52-26(6)44(62)51-24(4)42(60)49-18-20-71(66,67)29-14-11-13-28(21-29)54-32-22-34(72(68,69)70)38(48)37-36(32)40(58)30-15-9-10-16-31(30)41(37)59/h8-11,13-16,21-27,33,39,54H,1,12,17-20,48H2,2-7H3,(H,49,60)(H,50,57)(H,51,62)(H,52,64)(H,53,61)(H,55,63)(H,68,69,70). The second-order valence-electron chi connectivity index (χ2n) is 17.6. The van der Waals surface area contributed by atoms with Crippen molar-refractivity contribution in [2.45, 2.75) is 100 Å². The molecule has 7 amide bonds. The number of carbonyl (C=O) groups excluding carboxylic acids is 9. The van der Waals surface area contributed by atoms with Gasteiger partial charge in [-0.1, -0.05) is 50.8 Å². The number of nitrogens with two attached hydrogens (primary N) is 1. The van der Waals surface area contributed by atoms with Crippen molar-refractivity contribution in [2.24, 2.45) is 5.92 Å². The fourth-order valence-electron chi connectivity index (χ4n) is 7.95. The lowest BCUT2D eigenvalue weighted by molar-refractivity contribution is -0.142. The largest absolute Gasteiger partial charge is 0.397 e. The number of hydrogen-bond donors (Lipinski definition) is 9. The zero-order valence-corrected chi connectivity index (χ0v) is 41.8. The third-order valence-corrected chi connectivity index (χ3v) is 14.5. The molecule has 0 spiro atoms. The molecule has 386 valence electrons. The highest BCUT2D eigenvalue weighted by molar-refractivity contribution is 7.91. The van der Waals surface area contributed by atoms with Crippen LogP contribution in [0.3, 0.4) is 0 Å². The average molecular weight is 1040 g/mol. The number of nitrogens with one attached hydrogen (secondary N) is 7. The minimum Gasteiger partial charge on any atom is -0.397 e. The van der Waals surface area contributed by atoms with Crippen LogP contribution in [-0.2, 0) is 53.5 Å². The predicted molar refractivity (Wildman–Crippen MR) is 261 cm³/mol. The van der Waals surface area contributed by atoms with E-state index in [1.165, 1.54) is 75.1 Å². The van der Waals surface area contributed by atoms with E-state index in [1.807, 2.05) is 0 Å². The van der Waals surface area contributed by atoms with Crippen molar-refractivity contribution in [3.05, 3.63) is 89.5 Å². The first-order valence-corrected chi connectivity index (χ1v) is 25.7. The molecule has 3 aromatic rings. The molecule has 25 heteroatoms. The molecular weight excluding hydrogens is 979 g/mol. The molecular formula is C47H57N9O14S2. The lowest BCUT2D eigenvalue weighted by Crippen LogP contribution is -2.59. The van der Waals surface area contributed by atoms with E-state index in [-0.39, 0.29) is 45.9 Å². The molecule has 23 nitrogen and oxygen atoms in total. The van der Waals surface area contributed by atoms with Gasteiger partial charge in [-0.2, -0.15) is 8.42 Å². The van der Waals surface area contributed by atoms with Crippen LogP contribution in [0.1, 0.15) is 86.2 Å². The number of nitrogens with zero attached hydrogens (tertiary/aromatic N) is 1. The molecule has 10 N–H and O–H groups in total. The lowest BCUT2D eigenvalue weighted by atomic mass is 9.82. The summed E-state index contributed by atoms with van der Waals surface area (Å²) in [5, 5.41) is 17.8. The minimum absolute atomic E-state index is 0.0101. The van der Waals surface area contributed by atoms with Crippen molar-refractivity contribution < 1.29 is 64.5 Å². The molecule has 2 aliphatic rings. The number of amides is 7. The Hall–Kier alpha value is -7.51. The number of likely N-dealkylation sites (tertiary alicyclic amines) is 1. The number of fused-ring (bicyclic) bond motifs is 2. The van der Waals surface area contributed by atoms with Crippen LogP contribution in [0.4, 0.5) is 17.1 Å². The van der Waals surface area contributed by atoms with Crippen molar-refractivity contribution in [1.29, 1.82) is 0 Å². The molecule has 5 rings (SSSR count). The van der Waals surface area contributed by atoms with Gasteiger partial charge in [-0.3, -0.25) is 47.7 Å². The van der Waals surface area contributed by atoms with Crippen molar-refractivity contribution in [3.8, 4) is 0 Å². The van der Waals surface area contributed by atoms with E-state index in [4.69, 9.17) is 5.73 Å². The molecule has 0 aromatic heterocycles. The smallest absolute Gasteiger partial charge is 0.296 e. The Balaban J connectivity index is 1.15.